The molecule has 0 aromatic carbocycles. The van der Waals surface area contributed by atoms with Crippen LogP contribution in [-0.2, 0) is 0 Å². The summed E-state index contributed by atoms with van der Waals surface area (Å²) in [5.74, 6) is 0.741. The highest BCUT2D eigenvalue weighted by molar-refractivity contribution is 5.18. The summed E-state index contributed by atoms with van der Waals surface area (Å²) in [5, 5.41) is 9.38. The van der Waals surface area contributed by atoms with Crippen molar-refractivity contribution in [2.24, 2.45) is 5.92 Å². The Balaban J connectivity index is 2.21. The second-order valence-electron chi connectivity index (χ2n) is 4.50. The molecule has 12 heavy (non-hydrogen) atoms. The molecule has 2 fully saturated rings. The highest BCUT2D eigenvalue weighted by atomic mass is 16.3. The number of fused-ring (bicyclic) bond motifs is 1. The lowest BCUT2D eigenvalue weighted by atomic mass is 9.90. The molecule has 2 heteroatoms. The summed E-state index contributed by atoms with van der Waals surface area (Å²) in [7, 11) is 0. The summed E-state index contributed by atoms with van der Waals surface area (Å²) in [6.07, 6.45) is 2.15. The highest BCUT2D eigenvalue weighted by Gasteiger charge is 2.47. The second kappa shape index (κ2) is 2.57. The lowest BCUT2D eigenvalue weighted by Crippen LogP contribution is -2.41. The molecule has 2 atom stereocenters. The number of hydrogen-bond acceptors (Lipinski definition) is 2. The first-order chi connectivity index (χ1) is 5.66. The van der Waals surface area contributed by atoms with E-state index in [1.165, 1.54) is 5.57 Å². The Morgan fingerprint density at radius 1 is 1.75 bits per heavy atom. The summed E-state index contributed by atoms with van der Waals surface area (Å²) in [4.78, 5) is 2.40. The first-order valence-electron chi connectivity index (χ1n) is 4.69. The fraction of sp³-hybridized carbons (Fsp3) is 0.800. The van der Waals surface area contributed by atoms with E-state index >= 15 is 0 Å². The monoisotopic (exact) mass is 167 g/mol. The summed E-state index contributed by atoms with van der Waals surface area (Å²) in [6, 6.07) is 0. The molecule has 0 aromatic rings. The SMILES string of the molecule is C=C1CN2CC(C)CC2(CO)C1. The topological polar surface area (TPSA) is 23.5 Å². The van der Waals surface area contributed by atoms with E-state index in [-0.39, 0.29) is 5.54 Å². The average Bonchev–Trinajstić information content (AvgIpc) is 2.40. The molecule has 2 rings (SSSR count). The zero-order valence-electron chi connectivity index (χ0n) is 7.71. The Kier molecular flexibility index (Phi) is 1.77. The van der Waals surface area contributed by atoms with Crippen LogP contribution < -0.4 is 0 Å². The van der Waals surface area contributed by atoms with Gasteiger partial charge in [0.2, 0.25) is 0 Å². The van der Waals surface area contributed by atoms with Crippen LogP contribution in [0.2, 0.25) is 0 Å². The summed E-state index contributed by atoms with van der Waals surface area (Å²) < 4.78 is 0. The highest BCUT2D eigenvalue weighted by Crippen LogP contribution is 2.42. The van der Waals surface area contributed by atoms with Gasteiger partial charge < -0.3 is 5.11 Å². The Bertz CT molecular complexity index is 214. The van der Waals surface area contributed by atoms with Crippen LogP contribution in [0.1, 0.15) is 19.8 Å². The van der Waals surface area contributed by atoms with Crippen LogP contribution in [0, 0.1) is 5.92 Å². The Morgan fingerprint density at radius 2 is 2.50 bits per heavy atom. The fourth-order valence-electron chi connectivity index (χ4n) is 2.84. The summed E-state index contributed by atoms with van der Waals surface area (Å²) in [5.41, 5.74) is 1.37. The first kappa shape index (κ1) is 8.27. The lowest BCUT2D eigenvalue weighted by molar-refractivity contribution is 0.0999. The van der Waals surface area contributed by atoms with E-state index in [2.05, 4.69) is 18.4 Å². The number of rotatable bonds is 1. The van der Waals surface area contributed by atoms with E-state index in [0.717, 1.165) is 31.8 Å². The van der Waals surface area contributed by atoms with Crippen molar-refractivity contribution in [3.8, 4) is 0 Å². The Morgan fingerprint density at radius 3 is 3.08 bits per heavy atom. The molecule has 0 aliphatic carbocycles. The van der Waals surface area contributed by atoms with Crippen LogP contribution >= 0.6 is 0 Å². The fourth-order valence-corrected chi connectivity index (χ4v) is 2.84. The molecular weight excluding hydrogens is 150 g/mol. The standard InChI is InChI=1S/C10H17NO/c1-8-3-10(7-12)4-9(2)6-11(10)5-8/h9,12H,1,3-7H2,2H3. The Hall–Kier alpha value is -0.340. The smallest absolute Gasteiger partial charge is 0.0618 e. The average molecular weight is 167 g/mol. The van der Waals surface area contributed by atoms with Crippen LogP contribution in [-0.4, -0.2) is 35.2 Å². The minimum atomic E-state index is 0.0799. The van der Waals surface area contributed by atoms with Gasteiger partial charge in [0.25, 0.3) is 0 Å². The minimum absolute atomic E-state index is 0.0799. The van der Waals surface area contributed by atoms with Gasteiger partial charge in [-0.15, -0.1) is 0 Å². The third kappa shape index (κ3) is 1.02. The van der Waals surface area contributed by atoms with E-state index in [1.807, 2.05) is 0 Å². The van der Waals surface area contributed by atoms with Gasteiger partial charge in [0.1, 0.15) is 0 Å². The third-order valence-corrected chi connectivity index (χ3v) is 3.22. The normalized spacial score (nSPS) is 42.2. The van der Waals surface area contributed by atoms with Crippen molar-refractivity contribution in [1.29, 1.82) is 0 Å². The maximum Gasteiger partial charge on any atom is 0.0618 e. The van der Waals surface area contributed by atoms with Crippen molar-refractivity contribution in [3.63, 3.8) is 0 Å². The maximum absolute atomic E-state index is 9.38. The molecule has 68 valence electrons. The van der Waals surface area contributed by atoms with E-state index in [4.69, 9.17) is 0 Å². The molecule has 0 amide bonds. The van der Waals surface area contributed by atoms with Gasteiger partial charge in [0.15, 0.2) is 0 Å². The molecule has 2 saturated heterocycles. The molecule has 1 N–H and O–H groups in total. The van der Waals surface area contributed by atoms with Crippen LogP contribution in [0.15, 0.2) is 12.2 Å². The number of hydrogen-bond donors (Lipinski definition) is 1. The van der Waals surface area contributed by atoms with E-state index in [1.54, 1.807) is 0 Å². The zero-order valence-corrected chi connectivity index (χ0v) is 7.71. The van der Waals surface area contributed by atoms with Gasteiger partial charge in [-0.3, -0.25) is 4.90 Å². The number of aliphatic hydroxyl groups excluding tert-OH is 1. The lowest BCUT2D eigenvalue weighted by Gasteiger charge is -2.28. The van der Waals surface area contributed by atoms with Gasteiger partial charge in [0.05, 0.1) is 6.61 Å². The van der Waals surface area contributed by atoms with Crippen LogP contribution in [0.25, 0.3) is 0 Å². The van der Waals surface area contributed by atoms with E-state index < -0.39 is 0 Å². The predicted octanol–water partition coefficient (Wildman–Crippen LogP) is 1.02. The van der Waals surface area contributed by atoms with E-state index in [9.17, 15) is 5.11 Å². The van der Waals surface area contributed by atoms with Crippen LogP contribution in [0.4, 0.5) is 0 Å². The summed E-state index contributed by atoms with van der Waals surface area (Å²) >= 11 is 0. The van der Waals surface area contributed by atoms with Crippen molar-refractivity contribution in [1.82, 2.24) is 4.90 Å². The molecule has 2 heterocycles. The van der Waals surface area contributed by atoms with Gasteiger partial charge in [0, 0.05) is 18.6 Å². The zero-order chi connectivity index (χ0) is 8.77. The van der Waals surface area contributed by atoms with Crippen molar-refractivity contribution >= 4 is 0 Å². The first-order valence-corrected chi connectivity index (χ1v) is 4.69. The number of nitrogens with zero attached hydrogens (tertiary/aromatic N) is 1. The van der Waals surface area contributed by atoms with Gasteiger partial charge in [-0.05, 0) is 18.8 Å². The van der Waals surface area contributed by atoms with E-state index in [0.29, 0.717) is 6.61 Å². The quantitative estimate of drug-likeness (QED) is 0.589. The van der Waals surface area contributed by atoms with Crippen molar-refractivity contribution in [3.05, 3.63) is 12.2 Å². The van der Waals surface area contributed by atoms with Gasteiger partial charge in [-0.2, -0.15) is 0 Å². The number of aliphatic hydroxyl groups is 1. The second-order valence-corrected chi connectivity index (χ2v) is 4.50. The minimum Gasteiger partial charge on any atom is -0.394 e. The van der Waals surface area contributed by atoms with Crippen molar-refractivity contribution < 1.29 is 5.11 Å². The molecule has 2 unspecified atom stereocenters. The molecule has 0 aromatic heterocycles. The molecule has 2 aliphatic heterocycles. The molecule has 2 nitrogen and oxygen atoms in total. The molecule has 0 spiro atoms. The molecular formula is C10H17NO. The van der Waals surface area contributed by atoms with Crippen LogP contribution in [0.3, 0.4) is 0 Å². The molecule has 0 radical (unpaired) electrons. The molecule has 0 saturated carbocycles. The third-order valence-electron chi connectivity index (χ3n) is 3.22. The van der Waals surface area contributed by atoms with Crippen molar-refractivity contribution in [2.75, 3.05) is 19.7 Å². The molecule has 0 bridgehead atoms. The summed E-state index contributed by atoms with van der Waals surface area (Å²) in [6.45, 7) is 8.71. The van der Waals surface area contributed by atoms with Gasteiger partial charge in [-0.25, -0.2) is 0 Å². The maximum atomic E-state index is 9.38. The van der Waals surface area contributed by atoms with Gasteiger partial charge >= 0.3 is 0 Å². The van der Waals surface area contributed by atoms with Gasteiger partial charge in [-0.1, -0.05) is 19.1 Å². The Labute approximate surface area is 73.9 Å². The predicted molar refractivity (Wildman–Crippen MR) is 48.9 cm³/mol. The van der Waals surface area contributed by atoms with Crippen molar-refractivity contribution in [2.45, 2.75) is 25.3 Å². The van der Waals surface area contributed by atoms with Crippen LogP contribution in [0.5, 0.6) is 0 Å². The molecule has 2 aliphatic rings. The largest absolute Gasteiger partial charge is 0.394 e.